The Labute approximate surface area is 148 Å². The molecule has 4 heteroatoms. The van der Waals surface area contributed by atoms with Gasteiger partial charge in [-0.25, -0.2) is 0 Å². The van der Waals surface area contributed by atoms with E-state index in [0.29, 0.717) is 0 Å². The van der Waals surface area contributed by atoms with Crippen LogP contribution in [0, 0.1) is 5.92 Å². The molecule has 1 saturated heterocycles. The van der Waals surface area contributed by atoms with Gasteiger partial charge in [0.25, 0.3) is 0 Å². The number of nitrogens with zero attached hydrogens (tertiary/aromatic N) is 2. The topological polar surface area (TPSA) is 55.3 Å². The van der Waals surface area contributed by atoms with Gasteiger partial charge in [0.05, 0.1) is 5.69 Å². The SMILES string of the molecule is Nc1ccc2onc(CCC3CCN(Cc4ccccc4)CC3)c2c1. The normalized spacial score (nSPS) is 16.5. The molecule has 0 spiro atoms. The van der Waals surface area contributed by atoms with Crippen molar-refractivity contribution >= 4 is 16.7 Å². The molecule has 1 aliphatic heterocycles. The van der Waals surface area contributed by atoms with E-state index in [1.165, 1.54) is 37.9 Å². The number of fused-ring (bicyclic) bond motifs is 1. The van der Waals surface area contributed by atoms with Crippen molar-refractivity contribution < 1.29 is 4.52 Å². The van der Waals surface area contributed by atoms with Gasteiger partial charge in [-0.05, 0) is 68.5 Å². The number of hydrogen-bond acceptors (Lipinski definition) is 4. The third-order valence-electron chi connectivity index (χ3n) is 5.31. The zero-order chi connectivity index (χ0) is 17.1. The van der Waals surface area contributed by atoms with E-state index in [1.807, 2.05) is 18.2 Å². The van der Waals surface area contributed by atoms with Gasteiger partial charge in [-0.1, -0.05) is 35.5 Å². The van der Waals surface area contributed by atoms with Crippen molar-refractivity contribution in [3.63, 3.8) is 0 Å². The quantitative estimate of drug-likeness (QED) is 0.708. The predicted molar refractivity (Wildman–Crippen MR) is 101 cm³/mol. The molecule has 1 aromatic heterocycles. The van der Waals surface area contributed by atoms with E-state index in [0.717, 1.165) is 41.2 Å². The largest absolute Gasteiger partial charge is 0.399 e. The van der Waals surface area contributed by atoms with E-state index in [9.17, 15) is 0 Å². The number of rotatable bonds is 5. The number of aryl methyl sites for hydroxylation is 1. The molecule has 4 rings (SSSR count). The molecular weight excluding hydrogens is 310 g/mol. The molecule has 0 radical (unpaired) electrons. The van der Waals surface area contributed by atoms with E-state index in [4.69, 9.17) is 10.3 Å². The molecule has 2 heterocycles. The Morgan fingerprint density at radius 2 is 1.88 bits per heavy atom. The highest BCUT2D eigenvalue weighted by Gasteiger charge is 2.20. The molecule has 3 aromatic rings. The van der Waals surface area contributed by atoms with Crippen molar-refractivity contribution in [3.8, 4) is 0 Å². The lowest BCUT2D eigenvalue weighted by molar-refractivity contribution is 0.172. The molecule has 0 saturated carbocycles. The van der Waals surface area contributed by atoms with Gasteiger partial charge in [0.1, 0.15) is 0 Å². The van der Waals surface area contributed by atoms with Crippen molar-refractivity contribution in [2.45, 2.75) is 32.2 Å². The zero-order valence-electron chi connectivity index (χ0n) is 14.5. The Bertz CT molecular complexity index is 820. The maximum Gasteiger partial charge on any atom is 0.167 e. The molecule has 0 atom stereocenters. The minimum absolute atomic E-state index is 0.770. The standard InChI is InChI=1S/C21H25N3O/c22-18-7-9-21-19(14-18)20(23-25-21)8-6-16-10-12-24(13-11-16)15-17-4-2-1-3-5-17/h1-5,7,9,14,16H,6,8,10-13,15,22H2. The first kappa shape index (κ1) is 16.2. The van der Waals surface area contributed by atoms with Gasteiger partial charge in [0.2, 0.25) is 0 Å². The molecule has 25 heavy (non-hydrogen) atoms. The average molecular weight is 335 g/mol. The summed E-state index contributed by atoms with van der Waals surface area (Å²) in [5, 5.41) is 5.32. The molecule has 2 N–H and O–H groups in total. The van der Waals surface area contributed by atoms with Gasteiger partial charge in [0.15, 0.2) is 5.58 Å². The fourth-order valence-corrected chi connectivity index (χ4v) is 3.80. The van der Waals surface area contributed by atoms with Gasteiger partial charge in [-0.2, -0.15) is 0 Å². The van der Waals surface area contributed by atoms with Crippen LogP contribution in [0.25, 0.3) is 11.0 Å². The lowest BCUT2D eigenvalue weighted by atomic mass is 9.91. The van der Waals surface area contributed by atoms with Crippen LogP contribution < -0.4 is 5.73 Å². The summed E-state index contributed by atoms with van der Waals surface area (Å²) >= 11 is 0. The first-order valence-corrected chi connectivity index (χ1v) is 9.18. The van der Waals surface area contributed by atoms with E-state index < -0.39 is 0 Å². The van der Waals surface area contributed by atoms with Crippen molar-refractivity contribution in [2.75, 3.05) is 18.8 Å². The molecule has 0 bridgehead atoms. The highest BCUT2D eigenvalue weighted by Crippen LogP contribution is 2.26. The molecular formula is C21H25N3O. The Morgan fingerprint density at radius 3 is 2.68 bits per heavy atom. The Kier molecular flexibility index (Phi) is 4.70. The molecule has 4 nitrogen and oxygen atoms in total. The molecule has 130 valence electrons. The highest BCUT2D eigenvalue weighted by molar-refractivity contribution is 5.82. The Morgan fingerprint density at radius 1 is 1.08 bits per heavy atom. The van der Waals surface area contributed by atoms with E-state index in [-0.39, 0.29) is 0 Å². The molecule has 1 aliphatic rings. The van der Waals surface area contributed by atoms with Gasteiger partial charge < -0.3 is 10.3 Å². The Balaban J connectivity index is 1.29. The van der Waals surface area contributed by atoms with Crippen molar-refractivity contribution in [3.05, 3.63) is 59.8 Å². The summed E-state index contributed by atoms with van der Waals surface area (Å²) < 4.78 is 5.41. The van der Waals surface area contributed by atoms with Crippen LogP contribution in [0.3, 0.4) is 0 Å². The van der Waals surface area contributed by atoms with Gasteiger partial charge in [0, 0.05) is 17.6 Å². The summed E-state index contributed by atoms with van der Waals surface area (Å²) in [7, 11) is 0. The number of aromatic nitrogens is 1. The lowest BCUT2D eigenvalue weighted by Crippen LogP contribution is -2.33. The van der Waals surface area contributed by atoms with E-state index in [1.54, 1.807) is 0 Å². The molecule has 0 amide bonds. The van der Waals surface area contributed by atoms with Gasteiger partial charge in [-0.15, -0.1) is 0 Å². The fourth-order valence-electron chi connectivity index (χ4n) is 3.80. The lowest BCUT2D eigenvalue weighted by Gasteiger charge is -2.31. The molecule has 0 aliphatic carbocycles. The number of hydrogen-bond donors (Lipinski definition) is 1. The third-order valence-corrected chi connectivity index (χ3v) is 5.31. The number of piperidine rings is 1. The summed E-state index contributed by atoms with van der Waals surface area (Å²) in [6.45, 7) is 3.44. The van der Waals surface area contributed by atoms with Crippen LogP contribution in [-0.4, -0.2) is 23.1 Å². The summed E-state index contributed by atoms with van der Waals surface area (Å²) in [6.07, 6.45) is 4.69. The number of nitrogen functional groups attached to an aromatic ring is 1. The minimum Gasteiger partial charge on any atom is -0.399 e. The van der Waals surface area contributed by atoms with Crippen molar-refractivity contribution in [1.29, 1.82) is 0 Å². The van der Waals surface area contributed by atoms with Gasteiger partial charge in [-0.3, -0.25) is 4.90 Å². The zero-order valence-corrected chi connectivity index (χ0v) is 14.5. The van der Waals surface area contributed by atoms with E-state index >= 15 is 0 Å². The predicted octanol–water partition coefficient (Wildman–Crippen LogP) is 4.25. The average Bonchev–Trinajstić information content (AvgIpc) is 3.04. The summed E-state index contributed by atoms with van der Waals surface area (Å²) in [6, 6.07) is 16.5. The van der Waals surface area contributed by atoms with Crippen LogP contribution in [0.1, 0.15) is 30.5 Å². The number of likely N-dealkylation sites (tertiary alicyclic amines) is 1. The second kappa shape index (κ2) is 7.28. The summed E-state index contributed by atoms with van der Waals surface area (Å²) in [4.78, 5) is 2.57. The number of benzene rings is 2. The van der Waals surface area contributed by atoms with Crippen LogP contribution in [0.5, 0.6) is 0 Å². The maximum absolute atomic E-state index is 5.89. The second-order valence-corrected chi connectivity index (χ2v) is 7.13. The van der Waals surface area contributed by atoms with E-state index in [2.05, 4.69) is 40.4 Å². The smallest absolute Gasteiger partial charge is 0.167 e. The Hall–Kier alpha value is -2.33. The minimum atomic E-state index is 0.770. The molecule has 0 unspecified atom stereocenters. The fraction of sp³-hybridized carbons (Fsp3) is 0.381. The first-order valence-electron chi connectivity index (χ1n) is 9.18. The van der Waals surface area contributed by atoms with Crippen LogP contribution in [0.4, 0.5) is 5.69 Å². The molecule has 2 aromatic carbocycles. The summed E-state index contributed by atoms with van der Waals surface area (Å²) in [5.41, 5.74) is 9.96. The van der Waals surface area contributed by atoms with Crippen LogP contribution in [0.2, 0.25) is 0 Å². The van der Waals surface area contributed by atoms with Crippen molar-refractivity contribution in [1.82, 2.24) is 10.1 Å². The van der Waals surface area contributed by atoms with Gasteiger partial charge >= 0.3 is 0 Å². The maximum atomic E-state index is 5.89. The number of anilines is 1. The molecule has 1 fully saturated rings. The number of nitrogens with two attached hydrogens (primary N) is 1. The monoisotopic (exact) mass is 335 g/mol. The van der Waals surface area contributed by atoms with Crippen LogP contribution >= 0.6 is 0 Å². The highest BCUT2D eigenvalue weighted by atomic mass is 16.5. The van der Waals surface area contributed by atoms with Crippen LogP contribution in [-0.2, 0) is 13.0 Å². The third kappa shape index (κ3) is 3.85. The second-order valence-electron chi connectivity index (χ2n) is 7.13. The van der Waals surface area contributed by atoms with Crippen molar-refractivity contribution in [2.24, 2.45) is 5.92 Å². The first-order chi connectivity index (χ1) is 12.3. The van der Waals surface area contributed by atoms with Crippen LogP contribution in [0.15, 0.2) is 53.1 Å². The summed E-state index contributed by atoms with van der Waals surface area (Å²) in [5.74, 6) is 0.778.